The van der Waals surface area contributed by atoms with Crippen LogP contribution in [0.15, 0.2) is 6.33 Å². The molecule has 1 aromatic heterocycles. The molecule has 14 heavy (non-hydrogen) atoms. The Kier molecular flexibility index (Phi) is 2.87. The third kappa shape index (κ3) is 1.69. The minimum atomic E-state index is 0.523. The Balaban J connectivity index is 2.21. The molecule has 1 heterocycles. The van der Waals surface area contributed by atoms with Gasteiger partial charge in [0, 0.05) is 18.3 Å². The van der Waals surface area contributed by atoms with Crippen LogP contribution in [0.5, 0.6) is 0 Å². The molecule has 1 aliphatic rings. The third-order valence-corrected chi connectivity index (χ3v) is 3.03. The first-order valence-corrected chi connectivity index (χ1v) is 5.52. The second-order valence-corrected chi connectivity index (χ2v) is 4.16. The molecule has 78 valence electrons. The average molecular weight is 193 g/mol. The van der Waals surface area contributed by atoms with Gasteiger partial charge in [-0.2, -0.15) is 0 Å². The van der Waals surface area contributed by atoms with Crippen molar-refractivity contribution in [2.75, 3.05) is 13.6 Å². The Hall–Kier alpha value is -0.830. The van der Waals surface area contributed by atoms with Crippen LogP contribution in [0, 0.1) is 0 Å². The Labute approximate surface area is 85.5 Å². The van der Waals surface area contributed by atoms with Gasteiger partial charge in [-0.15, -0.1) is 0 Å². The molecular weight excluding hydrogens is 174 g/mol. The highest BCUT2D eigenvalue weighted by atomic mass is 15.1. The molecule has 0 aromatic carbocycles. The van der Waals surface area contributed by atoms with E-state index >= 15 is 0 Å². The minimum Gasteiger partial charge on any atom is -0.330 e. The van der Waals surface area contributed by atoms with Gasteiger partial charge in [-0.3, -0.25) is 0 Å². The normalized spacial score (nSPS) is 17.9. The second kappa shape index (κ2) is 4.13. The van der Waals surface area contributed by atoms with E-state index in [9.17, 15) is 0 Å². The summed E-state index contributed by atoms with van der Waals surface area (Å²) in [5, 5.41) is 3.21. The van der Waals surface area contributed by atoms with Crippen molar-refractivity contribution in [1.29, 1.82) is 0 Å². The van der Waals surface area contributed by atoms with Crippen molar-refractivity contribution in [1.82, 2.24) is 14.9 Å². The van der Waals surface area contributed by atoms with Crippen molar-refractivity contribution in [3.05, 3.63) is 17.7 Å². The van der Waals surface area contributed by atoms with E-state index in [1.54, 1.807) is 0 Å². The quantitative estimate of drug-likeness (QED) is 0.789. The highest BCUT2D eigenvalue weighted by molar-refractivity contribution is 5.17. The number of imidazole rings is 1. The van der Waals surface area contributed by atoms with Crippen LogP contribution in [0.2, 0.25) is 0 Å². The number of hydrogen-bond acceptors (Lipinski definition) is 2. The summed E-state index contributed by atoms with van der Waals surface area (Å²) >= 11 is 0. The predicted molar refractivity (Wildman–Crippen MR) is 57.5 cm³/mol. The van der Waals surface area contributed by atoms with Gasteiger partial charge < -0.3 is 9.88 Å². The molecule has 0 radical (unpaired) electrons. The van der Waals surface area contributed by atoms with Crippen LogP contribution in [-0.2, 0) is 12.8 Å². The molecule has 0 aliphatic heterocycles. The van der Waals surface area contributed by atoms with E-state index in [1.807, 2.05) is 13.4 Å². The Morgan fingerprint density at radius 1 is 1.50 bits per heavy atom. The molecule has 0 amide bonds. The summed E-state index contributed by atoms with van der Waals surface area (Å²) in [6.45, 7) is 3.26. The fraction of sp³-hybridized carbons (Fsp3) is 0.727. The highest BCUT2D eigenvalue weighted by Crippen LogP contribution is 2.22. The summed E-state index contributed by atoms with van der Waals surface area (Å²) in [6.07, 6.45) is 7.03. The second-order valence-electron chi connectivity index (χ2n) is 4.16. The van der Waals surface area contributed by atoms with Gasteiger partial charge in [0.1, 0.15) is 0 Å². The summed E-state index contributed by atoms with van der Waals surface area (Å²) in [4.78, 5) is 4.50. The van der Waals surface area contributed by atoms with Crippen LogP contribution < -0.4 is 5.32 Å². The van der Waals surface area contributed by atoms with Crippen molar-refractivity contribution in [2.45, 2.75) is 38.6 Å². The first kappa shape index (κ1) is 9.71. The van der Waals surface area contributed by atoms with E-state index in [4.69, 9.17) is 0 Å². The van der Waals surface area contributed by atoms with E-state index in [0.717, 1.165) is 6.54 Å². The SMILES string of the molecule is CNCC(C)n1cnc2c1CCCC2. The number of nitrogens with one attached hydrogen (secondary N) is 1. The zero-order chi connectivity index (χ0) is 9.97. The van der Waals surface area contributed by atoms with Crippen molar-refractivity contribution >= 4 is 0 Å². The summed E-state index contributed by atoms with van der Waals surface area (Å²) < 4.78 is 2.34. The van der Waals surface area contributed by atoms with Crippen LogP contribution in [-0.4, -0.2) is 23.1 Å². The van der Waals surface area contributed by atoms with E-state index in [-0.39, 0.29) is 0 Å². The largest absolute Gasteiger partial charge is 0.330 e. The van der Waals surface area contributed by atoms with Gasteiger partial charge in [0.25, 0.3) is 0 Å². The lowest BCUT2D eigenvalue weighted by molar-refractivity contribution is 0.491. The Morgan fingerprint density at radius 3 is 3.07 bits per heavy atom. The molecule has 2 rings (SSSR count). The number of hydrogen-bond donors (Lipinski definition) is 1. The van der Waals surface area contributed by atoms with E-state index in [2.05, 4.69) is 21.8 Å². The summed E-state index contributed by atoms with van der Waals surface area (Å²) in [7, 11) is 2.00. The number of fused-ring (bicyclic) bond motifs is 1. The lowest BCUT2D eigenvalue weighted by atomic mass is 10.0. The Bertz CT molecular complexity index is 303. The number of aryl methyl sites for hydroxylation is 1. The topological polar surface area (TPSA) is 29.9 Å². The van der Waals surface area contributed by atoms with Crippen LogP contribution in [0.25, 0.3) is 0 Å². The van der Waals surface area contributed by atoms with Gasteiger partial charge in [0.05, 0.1) is 12.0 Å². The number of nitrogens with zero attached hydrogens (tertiary/aromatic N) is 2. The van der Waals surface area contributed by atoms with E-state index in [0.29, 0.717) is 6.04 Å². The molecule has 0 fully saturated rings. The van der Waals surface area contributed by atoms with Crippen molar-refractivity contribution in [2.24, 2.45) is 0 Å². The standard InChI is InChI=1S/C11H19N3/c1-9(7-12-2)14-8-13-10-5-3-4-6-11(10)14/h8-9,12H,3-7H2,1-2H3. The third-order valence-electron chi connectivity index (χ3n) is 3.03. The van der Waals surface area contributed by atoms with Crippen LogP contribution >= 0.6 is 0 Å². The smallest absolute Gasteiger partial charge is 0.0954 e. The van der Waals surface area contributed by atoms with Crippen LogP contribution in [0.4, 0.5) is 0 Å². The maximum Gasteiger partial charge on any atom is 0.0954 e. The minimum absolute atomic E-state index is 0.523. The predicted octanol–water partition coefficient (Wildman–Crippen LogP) is 1.54. The average Bonchev–Trinajstić information content (AvgIpc) is 2.61. The fourth-order valence-corrected chi connectivity index (χ4v) is 2.27. The molecule has 1 aliphatic carbocycles. The molecule has 0 saturated carbocycles. The van der Waals surface area contributed by atoms with Gasteiger partial charge in [-0.25, -0.2) is 4.98 Å². The lowest BCUT2D eigenvalue weighted by Crippen LogP contribution is -2.21. The molecule has 1 unspecified atom stereocenters. The first-order valence-electron chi connectivity index (χ1n) is 5.52. The van der Waals surface area contributed by atoms with Crippen LogP contribution in [0.3, 0.4) is 0 Å². The van der Waals surface area contributed by atoms with Gasteiger partial charge in [0.15, 0.2) is 0 Å². The lowest BCUT2D eigenvalue weighted by Gasteiger charge is -2.19. The highest BCUT2D eigenvalue weighted by Gasteiger charge is 2.17. The zero-order valence-corrected chi connectivity index (χ0v) is 9.08. The fourth-order valence-electron chi connectivity index (χ4n) is 2.27. The molecule has 1 aromatic rings. The molecule has 0 bridgehead atoms. The van der Waals surface area contributed by atoms with Crippen molar-refractivity contribution in [3.63, 3.8) is 0 Å². The zero-order valence-electron chi connectivity index (χ0n) is 9.08. The number of rotatable bonds is 3. The number of likely N-dealkylation sites (N-methyl/N-ethyl adjacent to an activating group) is 1. The molecule has 3 nitrogen and oxygen atoms in total. The van der Waals surface area contributed by atoms with E-state index < -0.39 is 0 Å². The summed E-state index contributed by atoms with van der Waals surface area (Å²) in [5.74, 6) is 0. The molecular formula is C11H19N3. The van der Waals surface area contributed by atoms with Crippen LogP contribution in [0.1, 0.15) is 37.2 Å². The summed E-state index contributed by atoms with van der Waals surface area (Å²) in [6, 6.07) is 0.523. The van der Waals surface area contributed by atoms with Gasteiger partial charge in [-0.1, -0.05) is 0 Å². The van der Waals surface area contributed by atoms with Gasteiger partial charge in [0.2, 0.25) is 0 Å². The first-order chi connectivity index (χ1) is 6.83. The maximum atomic E-state index is 4.50. The molecule has 0 spiro atoms. The van der Waals surface area contributed by atoms with Gasteiger partial charge >= 0.3 is 0 Å². The molecule has 0 saturated heterocycles. The molecule has 1 atom stereocenters. The number of aromatic nitrogens is 2. The maximum absolute atomic E-state index is 4.50. The van der Waals surface area contributed by atoms with Gasteiger partial charge in [-0.05, 0) is 39.7 Å². The van der Waals surface area contributed by atoms with Crippen molar-refractivity contribution < 1.29 is 0 Å². The monoisotopic (exact) mass is 193 g/mol. The van der Waals surface area contributed by atoms with Crippen molar-refractivity contribution in [3.8, 4) is 0 Å². The molecule has 1 N–H and O–H groups in total. The Morgan fingerprint density at radius 2 is 2.29 bits per heavy atom. The van der Waals surface area contributed by atoms with E-state index in [1.165, 1.54) is 37.1 Å². The molecule has 3 heteroatoms. The summed E-state index contributed by atoms with van der Waals surface area (Å²) in [5.41, 5.74) is 2.80.